The Hall–Kier alpha value is -3.09. The number of sulfone groups is 1. The van der Waals surface area contributed by atoms with Crippen molar-refractivity contribution in [3.8, 4) is 11.5 Å². The number of fused-ring (bicyclic) bond motifs is 1. The number of hydrogen-bond donors (Lipinski definition) is 1. The van der Waals surface area contributed by atoms with Gasteiger partial charge in [-0.15, -0.1) is 11.8 Å². The highest BCUT2D eigenvalue weighted by molar-refractivity contribution is 8.16. The average Bonchev–Trinajstić information content (AvgIpc) is 3.30. The summed E-state index contributed by atoms with van der Waals surface area (Å²) < 4.78 is 40.0. The van der Waals surface area contributed by atoms with Gasteiger partial charge in [-0.3, -0.25) is 10.2 Å². The molecule has 2 heterocycles. The highest BCUT2D eigenvalue weighted by Crippen LogP contribution is 2.32. The fourth-order valence-electron chi connectivity index (χ4n) is 3.22. The van der Waals surface area contributed by atoms with Crippen LogP contribution in [-0.2, 0) is 14.6 Å². The maximum Gasteiger partial charge on any atom is 0.283 e. The van der Waals surface area contributed by atoms with Crippen LogP contribution < -0.4 is 9.47 Å². The van der Waals surface area contributed by atoms with Crippen molar-refractivity contribution in [1.82, 2.24) is 4.90 Å². The standard InChI is InChI=1S/C23H22N4O5S3/c1-3-35(29,30)23-26-34-22-25-21(28)17(20(24)27(22)23)13-15-9-10-18(19(14-15)31-2)32-11-12-33-16-7-5-4-6-8-16/h4-10,13-14,24H,3,11-12H2,1-2H3/b17-13-,24-20?. The van der Waals surface area contributed by atoms with Crippen LogP contribution in [0.2, 0.25) is 0 Å². The molecule has 2 aliphatic rings. The van der Waals surface area contributed by atoms with Gasteiger partial charge in [-0.05, 0) is 35.9 Å². The third kappa shape index (κ3) is 5.44. The Morgan fingerprint density at radius 3 is 2.66 bits per heavy atom. The third-order valence-electron chi connectivity index (χ3n) is 5.00. The summed E-state index contributed by atoms with van der Waals surface area (Å²) in [6.45, 7) is 1.96. The van der Waals surface area contributed by atoms with E-state index in [1.165, 1.54) is 20.1 Å². The molecule has 0 spiro atoms. The summed E-state index contributed by atoms with van der Waals surface area (Å²) in [4.78, 5) is 18.8. The molecule has 2 aromatic carbocycles. The zero-order valence-electron chi connectivity index (χ0n) is 18.9. The van der Waals surface area contributed by atoms with Crippen molar-refractivity contribution in [2.45, 2.75) is 11.8 Å². The minimum absolute atomic E-state index is 0.0507. The summed E-state index contributed by atoms with van der Waals surface area (Å²) in [5.41, 5.74) is 0.522. The number of carbonyl (C=O) groups is 1. The molecule has 2 aromatic rings. The van der Waals surface area contributed by atoms with E-state index in [9.17, 15) is 13.2 Å². The predicted octanol–water partition coefficient (Wildman–Crippen LogP) is 3.88. The number of ether oxygens (including phenoxy) is 2. The third-order valence-corrected chi connectivity index (χ3v) is 8.39. The molecule has 0 aliphatic carbocycles. The number of nitrogens with one attached hydrogen (secondary N) is 1. The molecule has 0 saturated heterocycles. The Kier molecular flexibility index (Phi) is 7.63. The number of amides is 1. The van der Waals surface area contributed by atoms with Crippen LogP contribution in [0.5, 0.6) is 11.5 Å². The largest absolute Gasteiger partial charge is 0.493 e. The van der Waals surface area contributed by atoms with Crippen LogP contribution >= 0.6 is 23.7 Å². The molecular formula is C23H22N4O5S3. The molecule has 0 atom stereocenters. The molecule has 12 heteroatoms. The van der Waals surface area contributed by atoms with E-state index in [2.05, 4.69) is 9.39 Å². The molecule has 0 unspecified atom stereocenters. The van der Waals surface area contributed by atoms with Crippen molar-refractivity contribution in [1.29, 1.82) is 5.41 Å². The van der Waals surface area contributed by atoms with Crippen LogP contribution in [0, 0.1) is 5.41 Å². The second kappa shape index (κ2) is 10.7. The van der Waals surface area contributed by atoms with Crippen molar-refractivity contribution in [2.75, 3.05) is 25.2 Å². The summed E-state index contributed by atoms with van der Waals surface area (Å²) in [7, 11) is -2.19. The molecule has 0 bridgehead atoms. The molecule has 2 aliphatic heterocycles. The van der Waals surface area contributed by atoms with Gasteiger partial charge in [0.2, 0.25) is 20.2 Å². The number of aliphatic imine (C=N–C) groups is 1. The first-order valence-electron chi connectivity index (χ1n) is 10.5. The van der Waals surface area contributed by atoms with Gasteiger partial charge in [0.1, 0.15) is 5.84 Å². The SMILES string of the molecule is CCS(=O)(=O)C1=NSC2=NC(=O)/C(=C\c3ccc(OCCSc4ccccc4)c(OC)c3)C(=N)N21. The minimum Gasteiger partial charge on any atom is -0.493 e. The van der Waals surface area contributed by atoms with Crippen LogP contribution in [-0.4, -0.2) is 60.6 Å². The van der Waals surface area contributed by atoms with Gasteiger partial charge < -0.3 is 9.47 Å². The van der Waals surface area contributed by atoms with Gasteiger partial charge in [0.25, 0.3) is 5.91 Å². The highest BCUT2D eigenvalue weighted by Gasteiger charge is 2.42. The number of hydrogen-bond acceptors (Lipinski definition) is 9. The van der Waals surface area contributed by atoms with E-state index in [1.807, 2.05) is 30.3 Å². The van der Waals surface area contributed by atoms with Gasteiger partial charge in [0, 0.05) is 10.6 Å². The quantitative estimate of drug-likeness (QED) is 0.236. The molecule has 182 valence electrons. The summed E-state index contributed by atoms with van der Waals surface area (Å²) >= 11 is 2.45. The second-order valence-corrected chi connectivity index (χ2v) is 11.3. The average molecular weight is 531 g/mol. The van der Waals surface area contributed by atoms with Crippen molar-refractivity contribution >= 4 is 61.7 Å². The van der Waals surface area contributed by atoms with Crippen molar-refractivity contribution in [2.24, 2.45) is 9.39 Å². The molecule has 0 radical (unpaired) electrons. The summed E-state index contributed by atoms with van der Waals surface area (Å²) in [5.74, 6) is 0.653. The van der Waals surface area contributed by atoms with Gasteiger partial charge in [-0.1, -0.05) is 31.2 Å². The van der Waals surface area contributed by atoms with Gasteiger partial charge in [-0.25, -0.2) is 13.3 Å². The lowest BCUT2D eigenvalue weighted by Crippen LogP contribution is -2.45. The molecule has 1 N–H and O–H groups in total. The number of methoxy groups -OCH3 is 1. The molecular weight excluding hydrogens is 508 g/mol. The topological polar surface area (TPSA) is 121 Å². The number of thioether (sulfide) groups is 1. The predicted molar refractivity (Wildman–Crippen MR) is 140 cm³/mol. The number of rotatable bonds is 8. The molecule has 4 rings (SSSR count). The van der Waals surface area contributed by atoms with Gasteiger partial charge in [0.15, 0.2) is 11.5 Å². The molecule has 0 fully saturated rings. The Labute approximate surface area is 211 Å². The first kappa shape index (κ1) is 25.0. The van der Waals surface area contributed by atoms with Crippen molar-refractivity contribution in [3.05, 3.63) is 59.7 Å². The fourth-order valence-corrected chi connectivity index (χ4v) is 5.93. The van der Waals surface area contributed by atoms with Gasteiger partial charge in [-0.2, -0.15) is 9.39 Å². The lowest BCUT2D eigenvalue weighted by Gasteiger charge is -2.24. The smallest absolute Gasteiger partial charge is 0.283 e. The van der Waals surface area contributed by atoms with E-state index in [0.29, 0.717) is 23.7 Å². The highest BCUT2D eigenvalue weighted by atomic mass is 32.2. The van der Waals surface area contributed by atoms with E-state index in [-0.39, 0.29) is 27.5 Å². The summed E-state index contributed by atoms with van der Waals surface area (Å²) in [6, 6.07) is 15.2. The zero-order valence-corrected chi connectivity index (χ0v) is 21.4. The summed E-state index contributed by atoms with van der Waals surface area (Å²) in [6.07, 6.45) is 1.47. The second-order valence-electron chi connectivity index (χ2n) is 7.23. The van der Waals surface area contributed by atoms with Crippen LogP contribution in [0.3, 0.4) is 0 Å². The van der Waals surface area contributed by atoms with Crippen molar-refractivity contribution in [3.63, 3.8) is 0 Å². The maximum absolute atomic E-state index is 12.6. The molecule has 0 saturated carbocycles. The van der Waals surface area contributed by atoms with E-state index in [0.717, 1.165) is 27.5 Å². The van der Waals surface area contributed by atoms with Crippen LogP contribution in [0.15, 0.2) is 68.4 Å². The molecule has 35 heavy (non-hydrogen) atoms. The zero-order chi connectivity index (χ0) is 25.0. The van der Waals surface area contributed by atoms with Crippen LogP contribution in [0.1, 0.15) is 12.5 Å². The summed E-state index contributed by atoms with van der Waals surface area (Å²) in [5, 5.41) is 8.27. The number of amidine groups is 3. The molecule has 1 amide bonds. The van der Waals surface area contributed by atoms with E-state index >= 15 is 0 Å². The fraction of sp³-hybridized carbons (Fsp3) is 0.217. The number of carbonyl (C=O) groups excluding carboxylic acids is 1. The van der Waals surface area contributed by atoms with E-state index in [4.69, 9.17) is 14.9 Å². The lowest BCUT2D eigenvalue weighted by atomic mass is 10.1. The Balaban J connectivity index is 1.50. The monoisotopic (exact) mass is 530 g/mol. The maximum atomic E-state index is 12.6. The Morgan fingerprint density at radius 1 is 1.17 bits per heavy atom. The first-order valence-corrected chi connectivity index (χ1v) is 14.0. The van der Waals surface area contributed by atoms with Crippen LogP contribution in [0.4, 0.5) is 0 Å². The van der Waals surface area contributed by atoms with Gasteiger partial charge >= 0.3 is 0 Å². The minimum atomic E-state index is -3.70. The number of nitrogens with zero attached hydrogens (tertiary/aromatic N) is 3. The molecule has 0 aromatic heterocycles. The van der Waals surface area contributed by atoms with Gasteiger partial charge in [0.05, 0.1) is 37.0 Å². The lowest BCUT2D eigenvalue weighted by molar-refractivity contribution is -0.114. The van der Waals surface area contributed by atoms with E-state index < -0.39 is 15.7 Å². The van der Waals surface area contributed by atoms with E-state index in [1.54, 1.807) is 30.0 Å². The number of benzene rings is 2. The molecule has 9 nitrogen and oxygen atoms in total. The Bertz CT molecular complexity index is 1350. The first-order chi connectivity index (χ1) is 16.8. The van der Waals surface area contributed by atoms with Crippen LogP contribution in [0.25, 0.3) is 6.08 Å². The Morgan fingerprint density at radius 2 is 1.94 bits per heavy atom. The normalized spacial score (nSPS) is 16.7. The van der Waals surface area contributed by atoms with Crippen molar-refractivity contribution < 1.29 is 22.7 Å².